The summed E-state index contributed by atoms with van der Waals surface area (Å²) in [6.45, 7) is 5.91. The molecule has 3 heterocycles. The Morgan fingerprint density at radius 2 is 2.09 bits per heavy atom. The third-order valence-electron chi connectivity index (χ3n) is 6.54. The summed E-state index contributed by atoms with van der Waals surface area (Å²) < 4.78 is 12.0. The van der Waals surface area contributed by atoms with Crippen LogP contribution in [0.25, 0.3) is 16.7 Å². The van der Waals surface area contributed by atoms with Crippen molar-refractivity contribution in [2.45, 2.75) is 33.1 Å². The Morgan fingerprint density at radius 3 is 2.76 bits per heavy atom. The SMILES string of the molecule is Cc1oc2cc(O/C(=C/C=N)c3[nH]cc(C(=O)N4CCC4)c3C)ccc2c1C(=O)NCC1CC1. The van der Waals surface area contributed by atoms with E-state index in [1.165, 1.54) is 18.9 Å². The topological polar surface area (TPSA) is 111 Å². The summed E-state index contributed by atoms with van der Waals surface area (Å²) in [5, 5.41) is 11.3. The molecule has 34 heavy (non-hydrogen) atoms. The number of nitrogens with one attached hydrogen (secondary N) is 3. The van der Waals surface area contributed by atoms with Gasteiger partial charge in [0.2, 0.25) is 0 Å². The Labute approximate surface area is 197 Å². The third-order valence-corrected chi connectivity index (χ3v) is 6.54. The van der Waals surface area contributed by atoms with E-state index < -0.39 is 0 Å². The summed E-state index contributed by atoms with van der Waals surface area (Å²) in [5.74, 6) is 1.96. The number of ether oxygens (including phenoxy) is 1. The van der Waals surface area contributed by atoms with E-state index in [1.54, 1.807) is 25.3 Å². The highest BCUT2D eigenvalue weighted by atomic mass is 16.5. The monoisotopic (exact) mass is 460 g/mol. The second kappa shape index (κ2) is 8.85. The molecule has 2 aliphatic rings. The highest BCUT2D eigenvalue weighted by Crippen LogP contribution is 2.32. The van der Waals surface area contributed by atoms with Gasteiger partial charge >= 0.3 is 0 Å². The summed E-state index contributed by atoms with van der Waals surface area (Å²) in [6.07, 6.45) is 7.74. The molecule has 176 valence electrons. The summed E-state index contributed by atoms with van der Waals surface area (Å²) in [5.41, 5.74) is 3.12. The highest BCUT2D eigenvalue weighted by Gasteiger charge is 2.26. The van der Waals surface area contributed by atoms with Crippen LogP contribution in [0.1, 0.15) is 57.0 Å². The first-order chi connectivity index (χ1) is 16.5. The molecule has 8 heteroatoms. The van der Waals surface area contributed by atoms with E-state index in [1.807, 2.05) is 17.9 Å². The van der Waals surface area contributed by atoms with Crippen molar-refractivity contribution in [2.24, 2.45) is 5.92 Å². The Morgan fingerprint density at radius 1 is 1.29 bits per heavy atom. The van der Waals surface area contributed by atoms with Crippen LogP contribution in [0.5, 0.6) is 5.75 Å². The Hall–Kier alpha value is -3.81. The van der Waals surface area contributed by atoms with Crippen LogP contribution in [-0.2, 0) is 0 Å². The molecular formula is C26H28N4O4. The van der Waals surface area contributed by atoms with Crippen molar-refractivity contribution in [2.75, 3.05) is 19.6 Å². The van der Waals surface area contributed by atoms with Gasteiger partial charge in [-0.3, -0.25) is 9.59 Å². The molecule has 2 amide bonds. The zero-order valence-corrected chi connectivity index (χ0v) is 19.4. The van der Waals surface area contributed by atoms with Crippen molar-refractivity contribution < 1.29 is 18.7 Å². The maximum atomic E-state index is 12.7. The van der Waals surface area contributed by atoms with E-state index in [0.29, 0.717) is 52.1 Å². The average Bonchev–Trinajstić information content (AvgIpc) is 3.43. The minimum absolute atomic E-state index is 0.000393. The number of aromatic amines is 1. The zero-order valence-electron chi connectivity index (χ0n) is 19.4. The lowest BCUT2D eigenvalue weighted by Gasteiger charge is -2.30. The molecule has 2 fully saturated rings. The fourth-order valence-corrected chi connectivity index (χ4v) is 4.23. The van der Waals surface area contributed by atoms with Crippen LogP contribution >= 0.6 is 0 Å². The van der Waals surface area contributed by atoms with Crippen molar-refractivity contribution in [1.82, 2.24) is 15.2 Å². The summed E-state index contributed by atoms with van der Waals surface area (Å²) >= 11 is 0. The number of hydrogen-bond donors (Lipinski definition) is 3. The fraction of sp³-hybridized carbons (Fsp3) is 0.346. The van der Waals surface area contributed by atoms with Crippen molar-refractivity contribution in [3.8, 4) is 5.75 Å². The number of hydrogen-bond acceptors (Lipinski definition) is 5. The van der Waals surface area contributed by atoms with Crippen molar-refractivity contribution in [3.63, 3.8) is 0 Å². The predicted octanol–water partition coefficient (Wildman–Crippen LogP) is 4.43. The molecule has 1 aliphatic carbocycles. The van der Waals surface area contributed by atoms with Crippen molar-refractivity contribution in [3.05, 3.63) is 58.6 Å². The van der Waals surface area contributed by atoms with E-state index in [-0.39, 0.29) is 11.8 Å². The number of carbonyl (C=O) groups excluding carboxylic acids is 2. The largest absolute Gasteiger partial charge is 0.460 e. The van der Waals surface area contributed by atoms with Gasteiger partial charge < -0.3 is 29.8 Å². The molecule has 1 saturated carbocycles. The molecule has 0 atom stereocenters. The first-order valence-corrected chi connectivity index (χ1v) is 11.6. The molecule has 2 aromatic heterocycles. The molecule has 3 aromatic rings. The predicted molar refractivity (Wildman–Crippen MR) is 129 cm³/mol. The molecule has 8 nitrogen and oxygen atoms in total. The van der Waals surface area contributed by atoms with E-state index >= 15 is 0 Å². The third kappa shape index (κ3) is 4.11. The molecule has 5 rings (SSSR count). The number of H-pyrrole nitrogens is 1. The van der Waals surface area contributed by atoms with Gasteiger partial charge in [-0.15, -0.1) is 0 Å². The van der Waals surface area contributed by atoms with Gasteiger partial charge in [-0.1, -0.05) is 0 Å². The van der Waals surface area contributed by atoms with Gasteiger partial charge in [0.15, 0.2) is 5.76 Å². The van der Waals surface area contributed by atoms with E-state index in [0.717, 1.165) is 36.7 Å². The van der Waals surface area contributed by atoms with Crippen molar-refractivity contribution >= 4 is 34.8 Å². The van der Waals surface area contributed by atoms with Crippen LogP contribution in [0.4, 0.5) is 0 Å². The van der Waals surface area contributed by atoms with Gasteiger partial charge in [-0.25, -0.2) is 0 Å². The number of aromatic nitrogens is 1. The Bertz CT molecular complexity index is 1310. The van der Waals surface area contributed by atoms with E-state index in [4.69, 9.17) is 14.6 Å². The summed E-state index contributed by atoms with van der Waals surface area (Å²) in [7, 11) is 0. The van der Waals surface area contributed by atoms with E-state index in [2.05, 4.69) is 10.3 Å². The highest BCUT2D eigenvalue weighted by molar-refractivity contribution is 6.07. The van der Waals surface area contributed by atoms with Gasteiger partial charge in [-0.2, -0.15) is 0 Å². The number of benzene rings is 1. The number of furan rings is 1. The maximum Gasteiger partial charge on any atom is 0.255 e. The number of nitrogens with zero attached hydrogens (tertiary/aromatic N) is 1. The minimum atomic E-state index is -0.123. The smallest absolute Gasteiger partial charge is 0.255 e. The molecule has 1 aliphatic heterocycles. The molecule has 3 N–H and O–H groups in total. The van der Waals surface area contributed by atoms with Gasteiger partial charge in [0.25, 0.3) is 11.8 Å². The van der Waals surface area contributed by atoms with Crippen LogP contribution in [0, 0.1) is 25.2 Å². The second-order valence-corrected chi connectivity index (χ2v) is 8.99. The Kier molecular flexibility index (Phi) is 5.73. The maximum absolute atomic E-state index is 12.7. The van der Waals surface area contributed by atoms with Gasteiger partial charge in [0, 0.05) is 49.6 Å². The number of allylic oxidation sites excluding steroid dienone is 1. The molecule has 1 aromatic carbocycles. The normalized spacial score (nSPS) is 15.8. The molecule has 0 radical (unpaired) electrons. The standard InChI is InChI=1S/C26H28N4O4/c1-15-20(26(32)30-10-3-11-30)14-28-24(15)21(8-9-27)34-18-6-7-19-22(12-18)33-16(2)23(19)25(31)29-13-17-4-5-17/h6-9,12,14,17,27-28H,3-5,10-11,13H2,1-2H3,(H,29,31)/b21-8+,27-9?. The average molecular weight is 461 g/mol. The number of fused-ring (bicyclic) bond motifs is 1. The summed E-state index contributed by atoms with van der Waals surface area (Å²) in [4.78, 5) is 30.3. The fourth-order valence-electron chi connectivity index (χ4n) is 4.23. The lowest BCUT2D eigenvalue weighted by atomic mass is 10.1. The molecule has 0 unspecified atom stereocenters. The molecular weight excluding hydrogens is 432 g/mol. The number of carbonyl (C=O) groups is 2. The number of amides is 2. The molecule has 0 spiro atoms. The second-order valence-electron chi connectivity index (χ2n) is 8.99. The van der Waals surface area contributed by atoms with Crippen LogP contribution in [-0.4, -0.2) is 47.5 Å². The van der Waals surface area contributed by atoms with Crippen molar-refractivity contribution in [1.29, 1.82) is 5.41 Å². The van der Waals surface area contributed by atoms with Gasteiger partial charge in [0.05, 0.1) is 16.8 Å². The minimum Gasteiger partial charge on any atom is -0.460 e. The first-order valence-electron chi connectivity index (χ1n) is 11.6. The first kappa shape index (κ1) is 22.0. The number of aryl methyl sites for hydroxylation is 1. The lowest BCUT2D eigenvalue weighted by Crippen LogP contribution is -2.42. The van der Waals surface area contributed by atoms with Gasteiger partial charge in [0.1, 0.15) is 17.1 Å². The van der Waals surface area contributed by atoms with Gasteiger partial charge in [-0.05, 0) is 56.7 Å². The van der Waals surface area contributed by atoms with Crippen LogP contribution in [0.2, 0.25) is 0 Å². The zero-order chi connectivity index (χ0) is 23.8. The lowest BCUT2D eigenvalue weighted by molar-refractivity contribution is 0.0651. The quantitative estimate of drug-likeness (QED) is 0.341. The molecule has 1 saturated heterocycles. The molecule has 0 bridgehead atoms. The van der Waals surface area contributed by atoms with Crippen LogP contribution in [0.15, 0.2) is 34.9 Å². The van der Waals surface area contributed by atoms with Crippen LogP contribution < -0.4 is 10.1 Å². The summed E-state index contributed by atoms with van der Waals surface area (Å²) in [6, 6.07) is 5.33. The Balaban J connectivity index is 1.39. The van der Waals surface area contributed by atoms with Crippen LogP contribution in [0.3, 0.4) is 0 Å². The number of rotatable bonds is 8. The van der Waals surface area contributed by atoms with E-state index in [9.17, 15) is 9.59 Å². The number of likely N-dealkylation sites (tertiary alicyclic amines) is 1.